The predicted octanol–water partition coefficient (Wildman–Crippen LogP) is 5.43. The highest BCUT2D eigenvalue weighted by molar-refractivity contribution is 7.99. The van der Waals surface area contributed by atoms with E-state index in [-0.39, 0.29) is 51.3 Å². The molecule has 6 nitrogen and oxygen atoms in total. The Balaban J connectivity index is 1.95. The van der Waals surface area contributed by atoms with Gasteiger partial charge in [0.05, 0.1) is 17.3 Å². The van der Waals surface area contributed by atoms with Crippen LogP contribution in [0.2, 0.25) is 0 Å². The number of carbonyl (C=O) groups excluding carboxylic acids is 2. The van der Waals surface area contributed by atoms with Gasteiger partial charge in [-0.05, 0) is 50.6 Å². The Morgan fingerprint density at radius 3 is 2.34 bits per heavy atom. The number of hydrogen-bond donors (Lipinski definition) is 1. The summed E-state index contributed by atoms with van der Waals surface area (Å²) in [6.07, 6.45) is -3.06. The molecule has 0 radical (unpaired) electrons. The Kier molecular flexibility index (Phi) is 7.87. The van der Waals surface area contributed by atoms with E-state index >= 15 is 0 Å². The Hall–Kier alpha value is -3.34. The summed E-state index contributed by atoms with van der Waals surface area (Å²) < 4.78 is 57.3. The molecule has 2 aromatic carbocycles. The lowest BCUT2D eigenvalue weighted by molar-refractivity contribution is -0.137. The third-order valence-corrected chi connectivity index (χ3v) is 7.97. The molecular formula is C27H28F4N4O2S. The number of amidine groups is 1. The van der Waals surface area contributed by atoms with E-state index in [1.54, 1.807) is 4.90 Å². The Morgan fingerprint density at radius 1 is 1.16 bits per heavy atom. The number of piperazine rings is 1. The zero-order chi connectivity index (χ0) is 27.8. The summed E-state index contributed by atoms with van der Waals surface area (Å²) in [5.41, 5.74) is -0.471. The summed E-state index contributed by atoms with van der Waals surface area (Å²) >= 11 is 1.17. The molecule has 202 valence electrons. The van der Waals surface area contributed by atoms with Crippen LogP contribution in [-0.2, 0) is 15.8 Å². The van der Waals surface area contributed by atoms with Crippen LogP contribution in [-0.4, -0.2) is 64.9 Å². The summed E-state index contributed by atoms with van der Waals surface area (Å²) in [4.78, 5) is 32.7. The van der Waals surface area contributed by atoms with E-state index in [1.807, 2.05) is 25.7 Å². The average molecular weight is 549 g/mol. The van der Waals surface area contributed by atoms with Crippen molar-refractivity contribution in [2.75, 3.05) is 24.2 Å². The molecule has 1 N–H and O–H groups in total. The average Bonchev–Trinajstić information content (AvgIpc) is 2.85. The predicted molar refractivity (Wildman–Crippen MR) is 141 cm³/mol. The van der Waals surface area contributed by atoms with Crippen LogP contribution < -0.4 is 5.32 Å². The van der Waals surface area contributed by atoms with Crippen LogP contribution in [0.1, 0.15) is 31.9 Å². The third kappa shape index (κ3) is 5.29. The lowest BCUT2D eigenvalue weighted by atomic mass is 9.94. The lowest BCUT2D eigenvalue weighted by Gasteiger charge is -2.45. The second-order valence-electron chi connectivity index (χ2n) is 9.48. The number of anilines is 1. The molecule has 0 aliphatic carbocycles. The third-order valence-electron chi connectivity index (χ3n) is 6.62. The van der Waals surface area contributed by atoms with Gasteiger partial charge in [-0.1, -0.05) is 18.7 Å². The number of carbonyl (C=O) groups is 2. The molecule has 11 heteroatoms. The number of amides is 2. The van der Waals surface area contributed by atoms with Gasteiger partial charge in [0.2, 0.25) is 12.3 Å². The van der Waals surface area contributed by atoms with E-state index in [2.05, 4.69) is 11.9 Å². The molecule has 0 saturated carbocycles. The molecule has 2 heterocycles. The van der Waals surface area contributed by atoms with E-state index in [4.69, 9.17) is 4.99 Å². The van der Waals surface area contributed by atoms with Gasteiger partial charge < -0.3 is 15.1 Å². The molecule has 2 aliphatic rings. The number of benzene rings is 2. The number of rotatable bonds is 4. The van der Waals surface area contributed by atoms with Gasteiger partial charge in [-0.2, -0.15) is 13.2 Å². The topological polar surface area (TPSA) is 65.0 Å². The first kappa shape index (κ1) is 27.7. The number of halogens is 4. The molecule has 38 heavy (non-hydrogen) atoms. The number of hydrogen-bond acceptors (Lipinski definition) is 5. The summed E-state index contributed by atoms with van der Waals surface area (Å²) in [7, 11) is 0. The fourth-order valence-electron chi connectivity index (χ4n) is 5.11. The maximum absolute atomic E-state index is 14.6. The number of nitrogens with zero attached hydrogens (tertiary/aromatic N) is 3. The number of fused-ring (bicyclic) bond motifs is 2. The van der Waals surface area contributed by atoms with Gasteiger partial charge >= 0.3 is 6.18 Å². The Bertz CT molecular complexity index is 1270. The van der Waals surface area contributed by atoms with Crippen molar-refractivity contribution in [3.05, 3.63) is 59.9 Å². The highest BCUT2D eigenvalue weighted by Gasteiger charge is 2.40. The van der Waals surface area contributed by atoms with E-state index in [0.717, 1.165) is 18.2 Å². The summed E-state index contributed by atoms with van der Waals surface area (Å²) in [6, 6.07) is 5.07. The van der Waals surface area contributed by atoms with Gasteiger partial charge in [0.15, 0.2) is 0 Å². The van der Waals surface area contributed by atoms with Crippen molar-refractivity contribution in [3.8, 4) is 11.1 Å². The van der Waals surface area contributed by atoms with E-state index < -0.39 is 17.6 Å². The molecule has 2 aliphatic heterocycles. The number of thioether (sulfide) groups is 1. The molecule has 2 bridgehead atoms. The molecule has 4 rings (SSSR count). The zero-order valence-electron chi connectivity index (χ0n) is 21.2. The molecular weight excluding hydrogens is 520 g/mol. The van der Waals surface area contributed by atoms with Crippen LogP contribution in [0, 0.1) is 5.82 Å². The first-order valence-corrected chi connectivity index (χ1v) is 13.1. The highest BCUT2D eigenvalue weighted by Crippen LogP contribution is 2.48. The maximum atomic E-state index is 14.6. The second-order valence-corrected chi connectivity index (χ2v) is 10.5. The van der Waals surface area contributed by atoms with Crippen molar-refractivity contribution >= 4 is 35.6 Å². The van der Waals surface area contributed by atoms with E-state index in [9.17, 15) is 27.2 Å². The highest BCUT2D eigenvalue weighted by atomic mass is 32.2. The summed E-state index contributed by atoms with van der Waals surface area (Å²) in [6.45, 7) is 9.83. The van der Waals surface area contributed by atoms with Crippen molar-refractivity contribution in [1.82, 2.24) is 9.80 Å². The summed E-state index contributed by atoms with van der Waals surface area (Å²) in [5, 5.41) is 2.63. The standard InChI is InChI=1S/C27H28F4N4O2S/c1-5-22(37)35-16(3)11-34(12-17(35)4)26-20-10-21(27(29,30)31)23(18-6-8-19(28)9-7-18)25(24(20)32-14-36)38-13-15(2)33-26/h5-10,14-17H,1,11-13H2,2-4H3,(H,32,36). The van der Waals surface area contributed by atoms with Crippen LogP contribution in [0.5, 0.6) is 0 Å². The number of nitrogens with one attached hydrogen (secondary N) is 1. The minimum absolute atomic E-state index is 0.118. The van der Waals surface area contributed by atoms with Gasteiger partial charge in [0.1, 0.15) is 11.7 Å². The monoisotopic (exact) mass is 548 g/mol. The van der Waals surface area contributed by atoms with Crippen molar-refractivity contribution in [1.29, 1.82) is 0 Å². The van der Waals surface area contributed by atoms with Gasteiger partial charge in [0.25, 0.3) is 0 Å². The molecule has 3 atom stereocenters. The molecule has 0 aromatic heterocycles. The Labute approximate surface area is 222 Å². The molecule has 2 aromatic rings. The maximum Gasteiger partial charge on any atom is 0.417 e. The molecule has 1 fully saturated rings. The number of alkyl halides is 3. The van der Waals surface area contributed by atoms with Crippen molar-refractivity contribution < 1.29 is 27.2 Å². The van der Waals surface area contributed by atoms with Crippen LogP contribution in [0.25, 0.3) is 11.1 Å². The largest absolute Gasteiger partial charge is 0.417 e. The molecule has 3 unspecified atom stereocenters. The molecule has 0 spiro atoms. The van der Waals surface area contributed by atoms with Gasteiger partial charge in [0, 0.05) is 46.9 Å². The number of aliphatic imine (C=N–C) groups is 1. The minimum atomic E-state index is -4.74. The van der Waals surface area contributed by atoms with Crippen LogP contribution >= 0.6 is 11.8 Å². The first-order valence-electron chi connectivity index (χ1n) is 12.1. The smallest absolute Gasteiger partial charge is 0.352 e. The van der Waals surface area contributed by atoms with Crippen LogP contribution in [0.4, 0.5) is 23.2 Å². The molecule has 2 amide bonds. The summed E-state index contributed by atoms with van der Waals surface area (Å²) in [5.74, 6) is -0.112. The van der Waals surface area contributed by atoms with E-state index in [1.165, 1.54) is 30.0 Å². The van der Waals surface area contributed by atoms with Crippen molar-refractivity contribution in [2.24, 2.45) is 4.99 Å². The first-order chi connectivity index (χ1) is 18.0. The zero-order valence-corrected chi connectivity index (χ0v) is 22.0. The fourth-order valence-corrected chi connectivity index (χ4v) is 6.28. The SMILES string of the molecule is C=CC(=O)N1C(C)CN(C2=NC(C)CSc3c(NC=O)c2cc(C(F)(F)F)c3-c2ccc(F)cc2)CC1C. The Morgan fingerprint density at radius 2 is 1.79 bits per heavy atom. The van der Waals surface area contributed by atoms with Crippen LogP contribution in [0.3, 0.4) is 0 Å². The van der Waals surface area contributed by atoms with Crippen molar-refractivity contribution in [2.45, 2.75) is 50.0 Å². The quantitative estimate of drug-likeness (QED) is 0.315. The minimum Gasteiger partial charge on any atom is -0.352 e. The van der Waals surface area contributed by atoms with E-state index in [0.29, 0.717) is 31.1 Å². The van der Waals surface area contributed by atoms with Gasteiger partial charge in [-0.15, -0.1) is 11.8 Å². The van der Waals surface area contributed by atoms with Gasteiger partial charge in [-0.3, -0.25) is 14.6 Å². The lowest BCUT2D eigenvalue weighted by Crippen LogP contribution is -2.59. The second kappa shape index (κ2) is 10.8. The normalized spacial score (nSPS) is 21.8. The van der Waals surface area contributed by atoms with Gasteiger partial charge in [-0.25, -0.2) is 4.39 Å². The fraction of sp³-hybridized carbons (Fsp3) is 0.370. The van der Waals surface area contributed by atoms with Crippen LogP contribution in [0.15, 0.2) is 52.9 Å². The van der Waals surface area contributed by atoms with Crippen molar-refractivity contribution in [3.63, 3.8) is 0 Å². The molecule has 1 saturated heterocycles.